The van der Waals surface area contributed by atoms with Crippen molar-refractivity contribution in [2.45, 2.75) is 59.0 Å². The molecule has 1 unspecified atom stereocenters. The zero-order chi connectivity index (χ0) is 14.3. The molecule has 1 rings (SSSR count). The van der Waals surface area contributed by atoms with E-state index in [0.29, 0.717) is 11.3 Å². The van der Waals surface area contributed by atoms with Crippen LogP contribution < -0.4 is 5.73 Å². The van der Waals surface area contributed by atoms with E-state index < -0.39 is 0 Å². The highest BCUT2D eigenvalue weighted by Gasteiger charge is 2.14. The molecule has 0 spiro atoms. The second-order valence-electron chi connectivity index (χ2n) is 5.14. The molecule has 0 aromatic heterocycles. The van der Waals surface area contributed by atoms with Crippen molar-refractivity contribution in [2.24, 2.45) is 0 Å². The van der Waals surface area contributed by atoms with Gasteiger partial charge in [-0.2, -0.15) is 0 Å². The topological polar surface area (TPSA) is 52.3 Å². The number of unbranched alkanes of at least 4 members (excludes halogenated alkanes) is 3. The van der Waals surface area contributed by atoms with Gasteiger partial charge in [-0.1, -0.05) is 26.2 Å². The molecule has 0 saturated carbocycles. The number of rotatable bonds is 7. The number of esters is 1. The summed E-state index contributed by atoms with van der Waals surface area (Å²) in [5.74, 6) is -0.250. The molecule has 0 heterocycles. The van der Waals surface area contributed by atoms with Crippen molar-refractivity contribution in [1.29, 1.82) is 0 Å². The number of anilines is 1. The predicted octanol–water partition coefficient (Wildman–Crippen LogP) is 4.09. The van der Waals surface area contributed by atoms with Gasteiger partial charge in [0.15, 0.2) is 0 Å². The van der Waals surface area contributed by atoms with E-state index in [0.717, 1.165) is 18.4 Å². The van der Waals surface area contributed by atoms with E-state index >= 15 is 0 Å². The first-order valence-corrected chi connectivity index (χ1v) is 7.11. The van der Waals surface area contributed by atoms with Gasteiger partial charge in [-0.05, 0) is 50.5 Å². The summed E-state index contributed by atoms with van der Waals surface area (Å²) in [6.07, 6.45) is 5.69. The Labute approximate surface area is 116 Å². The molecule has 1 aromatic carbocycles. The number of hydrogen-bond donors (Lipinski definition) is 1. The molecule has 0 aliphatic rings. The Bertz CT molecular complexity index is 415. The highest BCUT2D eigenvalue weighted by Crippen LogP contribution is 2.16. The molecule has 0 radical (unpaired) electrons. The van der Waals surface area contributed by atoms with Gasteiger partial charge in [-0.15, -0.1) is 0 Å². The summed E-state index contributed by atoms with van der Waals surface area (Å²) in [5, 5.41) is 0. The van der Waals surface area contributed by atoms with Crippen LogP contribution in [0, 0.1) is 6.92 Å². The summed E-state index contributed by atoms with van der Waals surface area (Å²) in [4.78, 5) is 12.0. The lowest BCUT2D eigenvalue weighted by molar-refractivity contribution is 0.0318. The van der Waals surface area contributed by atoms with Gasteiger partial charge < -0.3 is 10.5 Å². The van der Waals surface area contributed by atoms with Crippen LogP contribution in [0.25, 0.3) is 0 Å². The van der Waals surface area contributed by atoms with Crippen LogP contribution in [0.15, 0.2) is 18.2 Å². The highest BCUT2D eigenvalue weighted by molar-refractivity contribution is 5.91. The fourth-order valence-corrected chi connectivity index (χ4v) is 2.08. The van der Waals surface area contributed by atoms with E-state index in [9.17, 15) is 4.79 Å². The number of benzene rings is 1. The van der Waals surface area contributed by atoms with Crippen LogP contribution in [-0.2, 0) is 4.74 Å². The molecule has 2 N–H and O–H groups in total. The van der Waals surface area contributed by atoms with Crippen LogP contribution in [-0.4, -0.2) is 12.1 Å². The first kappa shape index (κ1) is 15.5. The molecule has 19 heavy (non-hydrogen) atoms. The number of carbonyl (C=O) groups excluding carboxylic acids is 1. The average Bonchev–Trinajstić information content (AvgIpc) is 2.34. The van der Waals surface area contributed by atoms with Gasteiger partial charge in [0.25, 0.3) is 0 Å². The maximum Gasteiger partial charge on any atom is 0.338 e. The lowest BCUT2D eigenvalue weighted by Crippen LogP contribution is -2.16. The Morgan fingerprint density at radius 2 is 2.05 bits per heavy atom. The van der Waals surface area contributed by atoms with Gasteiger partial charge in [-0.3, -0.25) is 0 Å². The minimum absolute atomic E-state index is 0.0266. The van der Waals surface area contributed by atoms with Crippen LogP contribution in [0.4, 0.5) is 5.69 Å². The van der Waals surface area contributed by atoms with E-state index in [1.165, 1.54) is 19.3 Å². The van der Waals surface area contributed by atoms with Crippen molar-refractivity contribution in [3.63, 3.8) is 0 Å². The molecular formula is C16H25NO2. The molecule has 0 saturated heterocycles. The lowest BCUT2D eigenvalue weighted by Gasteiger charge is -2.14. The van der Waals surface area contributed by atoms with Crippen molar-refractivity contribution in [3.8, 4) is 0 Å². The molecule has 0 fully saturated rings. The van der Waals surface area contributed by atoms with Crippen LogP contribution >= 0.6 is 0 Å². The Balaban J connectivity index is 2.45. The molecule has 3 heteroatoms. The van der Waals surface area contributed by atoms with Gasteiger partial charge in [0.05, 0.1) is 11.7 Å². The molecular weight excluding hydrogens is 238 g/mol. The number of nitrogen functional groups attached to an aromatic ring is 1. The number of aryl methyl sites for hydroxylation is 1. The monoisotopic (exact) mass is 263 g/mol. The third kappa shape index (κ3) is 5.33. The summed E-state index contributed by atoms with van der Waals surface area (Å²) in [6.45, 7) is 6.02. The third-order valence-corrected chi connectivity index (χ3v) is 3.24. The molecule has 0 amide bonds. The van der Waals surface area contributed by atoms with E-state index in [2.05, 4.69) is 6.92 Å². The number of nitrogens with two attached hydrogens (primary N) is 1. The second kappa shape index (κ2) is 7.82. The van der Waals surface area contributed by atoms with Gasteiger partial charge in [0.2, 0.25) is 0 Å². The van der Waals surface area contributed by atoms with E-state index in [4.69, 9.17) is 10.5 Å². The highest BCUT2D eigenvalue weighted by atomic mass is 16.5. The lowest BCUT2D eigenvalue weighted by atomic mass is 10.1. The van der Waals surface area contributed by atoms with E-state index in [-0.39, 0.29) is 12.1 Å². The zero-order valence-electron chi connectivity index (χ0n) is 12.2. The molecule has 1 aromatic rings. The fraction of sp³-hybridized carbons (Fsp3) is 0.562. The summed E-state index contributed by atoms with van der Waals surface area (Å²) < 4.78 is 5.46. The number of carbonyl (C=O) groups is 1. The first-order chi connectivity index (χ1) is 9.04. The van der Waals surface area contributed by atoms with Crippen LogP contribution in [0.1, 0.15) is 61.9 Å². The quantitative estimate of drug-likeness (QED) is 0.458. The summed E-state index contributed by atoms with van der Waals surface area (Å²) in [7, 11) is 0. The zero-order valence-corrected chi connectivity index (χ0v) is 12.2. The van der Waals surface area contributed by atoms with Crippen molar-refractivity contribution in [2.75, 3.05) is 5.73 Å². The van der Waals surface area contributed by atoms with Crippen molar-refractivity contribution >= 4 is 11.7 Å². The van der Waals surface area contributed by atoms with E-state index in [1.807, 2.05) is 13.8 Å². The molecule has 0 aliphatic heterocycles. The maximum atomic E-state index is 12.0. The Hall–Kier alpha value is -1.51. The standard InChI is InChI=1S/C16H25NO2/c1-4-5-6-7-8-13(3)19-16(18)15-10-9-14(17)11-12(15)2/h9-11,13H,4-8,17H2,1-3H3. The SMILES string of the molecule is CCCCCCC(C)OC(=O)c1ccc(N)cc1C. The smallest absolute Gasteiger partial charge is 0.338 e. The summed E-state index contributed by atoms with van der Waals surface area (Å²) >= 11 is 0. The molecule has 106 valence electrons. The minimum atomic E-state index is -0.250. The first-order valence-electron chi connectivity index (χ1n) is 7.11. The minimum Gasteiger partial charge on any atom is -0.459 e. The Morgan fingerprint density at radius 3 is 2.68 bits per heavy atom. The van der Waals surface area contributed by atoms with Crippen molar-refractivity contribution < 1.29 is 9.53 Å². The van der Waals surface area contributed by atoms with Gasteiger partial charge >= 0.3 is 5.97 Å². The summed E-state index contributed by atoms with van der Waals surface area (Å²) in [6, 6.07) is 5.26. The van der Waals surface area contributed by atoms with Crippen LogP contribution in [0.3, 0.4) is 0 Å². The largest absolute Gasteiger partial charge is 0.459 e. The molecule has 0 aliphatic carbocycles. The van der Waals surface area contributed by atoms with Gasteiger partial charge in [0, 0.05) is 5.69 Å². The molecule has 1 atom stereocenters. The summed E-state index contributed by atoms with van der Waals surface area (Å²) in [5.41, 5.74) is 7.81. The van der Waals surface area contributed by atoms with Crippen molar-refractivity contribution in [3.05, 3.63) is 29.3 Å². The van der Waals surface area contributed by atoms with Crippen LogP contribution in [0.2, 0.25) is 0 Å². The Kier molecular flexibility index (Phi) is 6.40. The third-order valence-electron chi connectivity index (χ3n) is 3.24. The van der Waals surface area contributed by atoms with Crippen molar-refractivity contribution in [1.82, 2.24) is 0 Å². The number of hydrogen-bond acceptors (Lipinski definition) is 3. The second-order valence-corrected chi connectivity index (χ2v) is 5.14. The number of ether oxygens (including phenoxy) is 1. The normalized spacial score (nSPS) is 12.2. The Morgan fingerprint density at radius 1 is 1.32 bits per heavy atom. The van der Waals surface area contributed by atoms with Gasteiger partial charge in [-0.25, -0.2) is 4.79 Å². The maximum absolute atomic E-state index is 12.0. The van der Waals surface area contributed by atoms with Crippen LogP contribution in [0.5, 0.6) is 0 Å². The molecule has 3 nitrogen and oxygen atoms in total. The van der Waals surface area contributed by atoms with E-state index in [1.54, 1.807) is 18.2 Å². The average molecular weight is 263 g/mol. The van der Waals surface area contributed by atoms with Gasteiger partial charge in [0.1, 0.15) is 0 Å². The predicted molar refractivity (Wildman–Crippen MR) is 79.2 cm³/mol. The molecule has 0 bridgehead atoms. The fourth-order valence-electron chi connectivity index (χ4n) is 2.08.